The van der Waals surface area contributed by atoms with Crippen molar-refractivity contribution in [2.24, 2.45) is 0 Å². The van der Waals surface area contributed by atoms with Gasteiger partial charge in [0.2, 0.25) is 0 Å². The maximum atomic E-state index is 13.5. The van der Waals surface area contributed by atoms with Gasteiger partial charge in [0.1, 0.15) is 11.9 Å². The second kappa shape index (κ2) is 8.88. The summed E-state index contributed by atoms with van der Waals surface area (Å²) in [7, 11) is 0. The molecule has 32 heavy (non-hydrogen) atoms. The highest BCUT2D eigenvalue weighted by molar-refractivity contribution is 6.31. The molecule has 2 N–H and O–H groups in total. The number of nitrogens with one attached hydrogen (secondary N) is 2. The van der Waals surface area contributed by atoms with Gasteiger partial charge in [0.05, 0.1) is 26.7 Å². The quantitative estimate of drug-likeness (QED) is 0.271. The summed E-state index contributed by atoms with van der Waals surface area (Å²) in [6, 6.07) is 18.1. The molecule has 7 nitrogen and oxygen atoms in total. The number of benzene rings is 3. The molecule has 1 heterocycles. The van der Waals surface area contributed by atoms with E-state index in [-0.39, 0.29) is 10.7 Å². The largest absolute Gasteiger partial charge is 0.381 e. The number of rotatable bonds is 6. The third-order valence-corrected chi connectivity index (χ3v) is 5.11. The van der Waals surface area contributed by atoms with Crippen LogP contribution in [0.4, 0.5) is 27.1 Å². The molecule has 0 bridgehead atoms. The van der Waals surface area contributed by atoms with Crippen molar-refractivity contribution in [3.05, 3.63) is 98.9 Å². The molecule has 158 valence electrons. The predicted molar refractivity (Wildman–Crippen MR) is 122 cm³/mol. The van der Waals surface area contributed by atoms with Gasteiger partial charge in [0.25, 0.3) is 5.69 Å². The Morgan fingerprint density at radius 2 is 1.84 bits per heavy atom. The van der Waals surface area contributed by atoms with Crippen LogP contribution in [-0.2, 0) is 6.54 Å². The molecule has 3 aromatic carbocycles. The minimum absolute atomic E-state index is 0.0303. The van der Waals surface area contributed by atoms with E-state index in [2.05, 4.69) is 21.7 Å². The second-order valence-electron chi connectivity index (χ2n) is 6.92. The highest BCUT2D eigenvalue weighted by atomic mass is 35.5. The van der Waals surface area contributed by atoms with Crippen molar-refractivity contribution in [3.8, 4) is 6.07 Å². The summed E-state index contributed by atoms with van der Waals surface area (Å²) in [6.07, 6.45) is 1.47. The molecule has 0 unspecified atom stereocenters. The molecule has 0 saturated heterocycles. The van der Waals surface area contributed by atoms with Crippen molar-refractivity contribution in [1.82, 2.24) is 4.98 Å². The average molecular weight is 448 g/mol. The number of hydrogen-bond donors (Lipinski definition) is 2. The minimum atomic E-state index is -0.532. The van der Waals surface area contributed by atoms with Gasteiger partial charge in [0.15, 0.2) is 0 Å². The fraction of sp³-hybridized carbons (Fsp3) is 0.0435. The van der Waals surface area contributed by atoms with E-state index in [4.69, 9.17) is 11.6 Å². The highest BCUT2D eigenvalue weighted by Gasteiger charge is 2.12. The summed E-state index contributed by atoms with van der Waals surface area (Å²) >= 11 is 5.88. The predicted octanol–water partition coefficient (Wildman–Crippen LogP) is 6.16. The van der Waals surface area contributed by atoms with Gasteiger partial charge >= 0.3 is 0 Å². The summed E-state index contributed by atoms with van der Waals surface area (Å²) < 4.78 is 13.5. The van der Waals surface area contributed by atoms with E-state index in [0.717, 1.165) is 11.3 Å². The van der Waals surface area contributed by atoms with Crippen LogP contribution in [0.2, 0.25) is 5.02 Å². The topological polar surface area (TPSA) is 104 Å². The lowest BCUT2D eigenvalue weighted by Crippen LogP contribution is -2.01. The molecule has 0 aliphatic carbocycles. The number of aromatic nitrogens is 1. The van der Waals surface area contributed by atoms with Crippen LogP contribution in [0.25, 0.3) is 10.9 Å². The molecule has 0 fully saturated rings. The van der Waals surface area contributed by atoms with Crippen LogP contribution in [0.1, 0.15) is 11.1 Å². The van der Waals surface area contributed by atoms with Gasteiger partial charge in [-0.3, -0.25) is 15.1 Å². The van der Waals surface area contributed by atoms with Crippen LogP contribution in [-0.4, -0.2) is 9.91 Å². The Bertz CT molecular complexity index is 1370. The molecule has 0 amide bonds. The monoisotopic (exact) mass is 447 g/mol. The molecule has 0 spiro atoms. The number of nitro groups is 1. The maximum absolute atomic E-state index is 13.5. The van der Waals surface area contributed by atoms with E-state index < -0.39 is 10.7 Å². The Labute approximate surface area is 187 Å². The van der Waals surface area contributed by atoms with Crippen molar-refractivity contribution < 1.29 is 9.31 Å². The van der Waals surface area contributed by atoms with Crippen LogP contribution < -0.4 is 10.6 Å². The lowest BCUT2D eigenvalue weighted by Gasteiger charge is -2.14. The van der Waals surface area contributed by atoms with Gasteiger partial charge in [-0.2, -0.15) is 5.26 Å². The SMILES string of the molecule is N#Cc1cnc2ccc(NCc3ccc([N+](=O)[O-])cc3)cc2c1Nc1ccc(F)c(Cl)c1. The molecular formula is C23H15ClFN5O2. The number of nitriles is 1. The number of nitrogens with zero attached hydrogens (tertiary/aromatic N) is 3. The number of hydrogen-bond acceptors (Lipinski definition) is 6. The van der Waals surface area contributed by atoms with Gasteiger partial charge in [-0.15, -0.1) is 0 Å². The molecular weight excluding hydrogens is 433 g/mol. The molecule has 4 rings (SSSR count). The minimum Gasteiger partial charge on any atom is -0.381 e. The Morgan fingerprint density at radius 3 is 2.53 bits per heavy atom. The summed E-state index contributed by atoms with van der Waals surface area (Å²) in [5.74, 6) is -0.532. The van der Waals surface area contributed by atoms with Gasteiger partial charge in [-0.05, 0) is 42.0 Å². The summed E-state index contributed by atoms with van der Waals surface area (Å²) in [4.78, 5) is 14.7. The van der Waals surface area contributed by atoms with Crippen molar-refractivity contribution in [2.45, 2.75) is 6.54 Å². The van der Waals surface area contributed by atoms with Crippen LogP contribution in [0.15, 0.2) is 66.9 Å². The Balaban J connectivity index is 1.64. The molecule has 0 aliphatic rings. The first-order chi connectivity index (χ1) is 15.4. The van der Waals surface area contributed by atoms with E-state index >= 15 is 0 Å². The van der Waals surface area contributed by atoms with E-state index in [1.807, 2.05) is 18.2 Å². The fourth-order valence-corrected chi connectivity index (χ4v) is 3.36. The van der Waals surface area contributed by atoms with Crippen molar-refractivity contribution >= 4 is 45.3 Å². The van der Waals surface area contributed by atoms with Gasteiger partial charge < -0.3 is 10.6 Å². The van der Waals surface area contributed by atoms with Crippen LogP contribution >= 0.6 is 11.6 Å². The zero-order valence-corrected chi connectivity index (χ0v) is 17.2. The van der Waals surface area contributed by atoms with Gasteiger partial charge in [-0.1, -0.05) is 23.7 Å². The van der Waals surface area contributed by atoms with Crippen molar-refractivity contribution in [2.75, 3.05) is 10.6 Å². The molecule has 0 radical (unpaired) electrons. The first-order valence-electron chi connectivity index (χ1n) is 9.47. The zero-order chi connectivity index (χ0) is 22.7. The van der Waals surface area contributed by atoms with Gasteiger partial charge in [-0.25, -0.2) is 4.39 Å². The molecule has 0 atom stereocenters. The Morgan fingerprint density at radius 1 is 1.09 bits per heavy atom. The molecule has 9 heteroatoms. The van der Waals surface area contributed by atoms with Crippen LogP contribution in [0.5, 0.6) is 0 Å². The highest BCUT2D eigenvalue weighted by Crippen LogP contribution is 2.32. The number of nitro benzene ring substituents is 1. The summed E-state index contributed by atoms with van der Waals surface area (Å²) in [6.45, 7) is 0.450. The standard InChI is InChI=1S/C23H15ClFN5O2/c24-20-10-17(3-7-21(20)25)29-23-15(11-26)13-28-22-8-4-16(9-19(22)23)27-12-14-1-5-18(6-2-14)30(31)32/h1-10,13,27H,12H2,(H,28,29). The van der Waals surface area contributed by atoms with E-state index in [9.17, 15) is 19.8 Å². The molecule has 0 saturated carbocycles. The smallest absolute Gasteiger partial charge is 0.269 e. The first kappa shape index (κ1) is 21.0. The number of anilines is 3. The number of fused-ring (bicyclic) bond motifs is 1. The van der Waals surface area contributed by atoms with E-state index in [1.165, 1.54) is 36.5 Å². The number of pyridine rings is 1. The van der Waals surface area contributed by atoms with Crippen molar-refractivity contribution in [3.63, 3.8) is 0 Å². The summed E-state index contributed by atoms with van der Waals surface area (Å²) in [5, 5.41) is 27.4. The maximum Gasteiger partial charge on any atom is 0.269 e. The summed E-state index contributed by atoms with van der Waals surface area (Å²) in [5.41, 5.74) is 3.73. The Kier molecular flexibility index (Phi) is 5.83. The van der Waals surface area contributed by atoms with Gasteiger partial charge in [0, 0.05) is 41.6 Å². The second-order valence-corrected chi connectivity index (χ2v) is 7.33. The van der Waals surface area contributed by atoms with Crippen LogP contribution in [0.3, 0.4) is 0 Å². The third-order valence-electron chi connectivity index (χ3n) is 4.82. The molecule has 0 aliphatic heterocycles. The fourth-order valence-electron chi connectivity index (χ4n) is 3.18. The average Bonchev–Trinajstić information content (AvgIpc) is 2.80. The van der Waals surface area contributed by atoms with Crippen LogP contribution in [0, 0.1) is 27.3 Å². The normalized spacial score (nSPS) is 10.5. The van der Waals surface area contributed by atoms with E-state index in [0.29, 0.717) is 34.4 Å². The number of halogens is 2. The number of non-ortho nitro benzene ring substituents is 1. The van der Waals surface area contributed by atoms with Crippen molar-refractivity contribution in [1.29, 1.82) is 5.26 Å². The third kappa shape index (κ3) is 4.43. The van der Waals surface area contributed by atoms with E-state index in [1.54, 1.807) is 12.1 Å². The molecule has 1 aromatic heterocycles. The Hall–Kier alpha value is -4.22. The lowest BCUT2D eigenvalue weighted by atomic mass is 10.1. The zero-order valence-electron chi connectivity index (χ0n) is 16.5. The lowest BCUT2D eigenvalue weighted by molar-refractivity contribution is -0.384. The first-order valence-corrected chi connectivity index (χ1v) is 9.84. The molecule has 4 aromatic rings.